The molecule has 28 nitrogen and oxygen atoms in total. The summed E-state index contributed by atoms with van der Waals surface area (Å²) in [6, 6.07) is -7.85. The molecular formula is C42H67N15O13. The van der Waals surface area contributed by atoms with E-state index in [0.29, 0.717) is 51.6 Å². The van der Waals surface area contributed by atoms with Crippen LogP contribution in [0.1, 0.15) is 89.9 Å². The fourth-order valence-corrected chi connectivity index (χ4v) is 9.09. The standard InChI is InChI=1S/C42H67N15O13/c43-20-34(62)54-16-4-9-28(54)39(67)57-19-5-10-29(57)40(68)56-18-3-8-27(56)36(64)52-23(11-13-30(44)58)35(63)50-21-32(60)49-22-33(61)51-24(6-1-15-48-42(46)47)38(66)55-17-2-7-26(55)37(65)53-25(41(69)70)12-14-31(45)59/h23-29H,1-22,43H2,(H2,44,58)(H2,45,59)(H,49,60)(H,50,63)(H,51,61)(H,52,64)(H,53,65)(H,69,70)(H4,46,47,48)/t23-,24-,25-,26-,27-,28-,29-/m0/s1. The summed E-state index contributed by atoms with van der Waals surface area (Å²) in [5.74, 6) is -9.12. The van der Waals surface area contributed by atoms with Crippen LogP contribution in [0.15, 0.2) is 4.99 Å². The van der Waals surface area contributed by atoms with Crippen molar-refractivity contribution in [3.8, 4) is 0 Å². The fourth-order valence-electron chi connectivity index (χ4n) is 9.09. The monoisotopic (exact) mass is 990 g/mol. The van der Waals surface area contributed by atoms with Gasteiger partial charge in [0.2, 0.25) is 65.0 Å². The first-order valence-corrected chi connectivity index (χ1v) is 23.4. The van der Waals surface area contributed by atoms with Gasteiger partial charge in [-0.15, -0.1) is 0 Å². The Kier molecular flexibility index (Phi) is 21.1. The van der Waals surface area contributed by atoms with Crippen molar-refractivity contribution in [2.24, 2.45) is 33.7 Å². The molecule has 70 heavy (non-hydrogen) atoms. The highest BCUT2D eigenvalue weighted by Gasteiger charge is 2.46. The maximum absolute atomic E-state index is 14.0. The summed E-state index contributed by atoms with van der Waals surface area (Å²) >= 11 is 0. The first-order chi connectivity index (χ1) is 33.2. The Bertz CT molecular complexity index is 2030. The van der Waals surface area contributed by atoms with Crippen molar-refractivity contribution in [3.63, 3.8) is 0 Å². The summed E-state index contributed by atoms with van der Waals surface area (Å²) < 4.78 is 0. The molecule has 388 valence electrons. The topological polar surface area (TPSA) is 441 Å². The van der Waals surface area contributed by atoms with Gasteiger partial charge in [-0.1, -0.05) is 0 Å². The Balaban J connectivity index is 1.34. The molecule has 0 radical (unpaired) electrons. The minimum Gasteiger partial charge on any atom is -0.480 e. The number of likely N-dealkylation sites (tertiary alicyclic amines) is 4. The molecule has 0 unspecified atom stereocenters. The largest absolute Gasteiger partial charge is 0.480 e. The minimum absolute atomic E-state index is 0.0193. The van der Waals surface area contributed by atoms with Crippen molar-refractivity contribution in [1.29, 1.82) is 0 Å². The zero-order valence-electron chi connectivity index (χ0n) is 39.1. The molecule has 16 N–H and O–H groups in total. The first-order valence-electron chi connectivity index (χ1n) is 23.4. The molecule has 4 heterocycles. The molecule has 0 spiro atoms. The van der Waals surface area contributed by atoms with Gasteiger partial charge < -0.3 is 80.0 Å². The van der Waals surface area contributed by atoms with Crippen molar-refractivity contribution in [2.45, 2.75) is 132 Å². The molecule has 0 saturated carbocycles. The number of aliphatic imine (C=N–C) groups is 1. The highest BCUT2D eigenvalue weighted by Crippen LogP contribution is 2.29. The van der Waals surface area contributed by atoms with Crippen molar-refractivity contribution in [2.75, 3.05) is 52.4 Å². The SMILES string of the molecule is NCC(=O)N1CCC[C@H]1C(=O)N1CCC[C@H]1C(=O)N1CCC[C@H]1C(=O)N[C@@H](CCC(N)=O)C(=O)NCC(=O)NCC(=O)N[C@@H](CCCN=C(N)N)C(=O)N1CCC[C@H]1C(=O)N[C@@H](CCC(N)=O)C(=O)O. The number of carbonyl (C=O) groups excluding carboxylic acids is 11. The quantitative estimate of drug-likeness (QED) is 0.0230. The van der Waals surface area contributed by atoms with Gasteiger partial charge in [-0.05, 0) is 77.0 Å². The summed E-state index contributed by atoms with van der Waals surface area (Å²) in [4.78, 5) is 164. The number of aliphatic carboxylic acids is 1. The van der Waals surface area contributed by atoms with E-state index in [4.69, 9.17) is 28.7 Å². The maximum Gasteiger partial charge on any atom is 0.326 e. The van der Waals surface area contributed by atoms with Crippen LogP contribution in [0.25, 0.3) is 0 Å². The fraction of sp³-hybridized carbons (Fsp3) is 0.690. The van der Waals surface area contributed by atoms with Gasteiger partial charge >= 0.3 is 5.97 Å². The second kappa shape index (κ2) is 26.6. The van der Waals surface area contributed by atoms with Gasteiger partial charge in [0, 0.05) is 45.6 Å². The molecule has 4 aliphatic rings. The molecule has 4 fully saturated rings. The average Bonchev–Trinajstić information content (AvgIpc) is 4.17. The Hall–Kier alpha value is -7.13. The van der Waals surface area contributed by atoms with Crippen LogP contribution in [0.5, 0.6) is 0 Å². The van der Waals surface area contributed by atoms with Crippen LogP contribution in [0.4, 0.5) is 0 Å². The summed E-state index contributed by atoms with van der Waals surface area (Å²) in [7, 11) is 0. The minimum atomic E-state index is -1.46. The van der Waals surface area contributed by atoms with Crippen LogP contribution in [0, 0.1) is 0 Å². The molecule has 0 aromatic rings. The maximum atomic E-state index is 14.0. The van der Waals surface area contributed by atoms with Gasteiger partial charge in [0.1, 0.15) is 42.3 Å². The summed E-state index contributed by atoms with van der Waals surface area (Å²) in [6.07, 6.45) is 2.11. The van der Waals surface area contributed by atoms with E-state index in [1.165, 1.54) is 19.6 Å². The van der Waals surface area contributed by atoms with Crippen LogP contribution in [0.3, 0.4) is 0 Å². The van der Waals surface area contributed by atoms with Crippen LogP contribution in [0.2, 0.25) is 0 Å². The Labute approximate surface area is 403 Å². The van der Waals surface area contributed by atoms with E-state index >= 15 is 0 Å². The lowest BCUT2D eigenvalue weighted by Gasteiger charge is -2.34. The van der Waals surface area contributed by atoms with Gasteiger partial charge in [0.05, 0.1) is 19.6 Å². The Morgan fingerprint density at radius 2 is 1.03 bits per heavy atom. The number of carboxylic acids is 1. The third-order valence-electron chi connectivity index (χ3n) is 12.6. The zero-order valence-corrected chi connectivity index (χ0v) is 39.1. The van der Waals surface area contributed by atoms with Crippen molar-refractivity contribution >= 4 is 76.9 Å². The van der Waals surface area contributed by atoms with E-state index in [1.807, 2.05) is 0 Å². The smallest absolute Gasteiger partial charge is 0.326 e. The molecule has 4 aliphatic heterocycles. The molecule has 0 aromatic heterocycles. The third-order valence-corrected chi connectivity index (χ3v) is 12.6. The van der Waals surface area contributed by atoms with E-state index in [9.17, 15) is 62.6 Å². The van der Waals surface area contributed by atoms with Gasteiger partial charge in [-0.2, -0.15) is 0 Å². The number of primary amides is 2. The lowest BCUT2D eigenvalue weighted by molar-refractivity contribution is -0.150. The number of guanidine groups is 1. The summed E-state index contributed by atoms with van der Waals surface area (Å²) in [5, 5.41) is 21.7. The van der Waals surface area contributed by atoms with Crippen molar-refractivity contribution in [3.05, 3.63) is 0 Å². The molecular weight excluding hydrogens is 923 g/mol. The number of hydrogen-bond acceptors (Lipinski definition) is 14. The molecule has 0 aliphatic carbocycles. The zero-order chi connectivity index (χ0) is 51.7. The second-order valence-electron chi connectivity index (χ2n) is 17.6. The van der Waals surface area contributed by atoms with Crippen LogP contribution in [-0.2, 0) is 57.5 Å². The number of amides is 11. The highest BCUT2D eigenvalue weighted by molar-refractivity contribution is 5.98. The predicted octanol–water partition coefficient (Wildman–Crippen LogP) is -6.73. The van der Waals surface area contributed by atoms with E-state index in [2.05, 4.69) is 31.6 Å². The van der Waals surface area contributed by atoms with Gasteiger partial charge in [0.25, 0.3) is 0 Å². The van der Waals surface area contributed by atoms with Gasteiger partial charge in [0.15, 0.2) is 5.96 Å². The summed E-state index contributed by atoms with van der Waals surface area (Å²) in [6.45, 7) is -0.611. The number of nitrogens with zero attached hydrogens (tertiary/aromatic N) is 5. The number of carbonyl (C=O) groups is 12. The molecule has 4 saturated heterocycles. The second-order valence-corrected chi connectivity index (χ2v) is 17.6. The van der Waals surface area contributed by atoms with E-state index < -0.39 is 115 Å². The van der Waals surface area contributed by atoms with E-state index in [1.54, 1.807) is 0 Å². The predicted molar refractivity (Wildman–Crippen MR) is 244 cm³/mol. The first kappa shape index (κ1) is 55.5. The third kappa shape index (κ3) is 15.7. The summed E-state index contributed by atoms with van der Waals surface area (Å²) in [5.41, 5.74) is 26.9. The average molecular weight is 990 g/mol. The number of rotatable bonds is 25. The Morgan fingerprint density at radius 3 is 1.57 bits per heavy atom. The molecule has 28 heteroatoms. The number of nitrogens with two attached hydrogens (primary N) is 5. The normalized spacial score (nSPS) is 20.9. The Morgan fingerprint density at radius 1 is 0.557 bits per heavy atom. The lowest BCUT2D eigenvalue weighted by atomic mass is 10.1. The van der Waals surface area contributed by atoms with Crippen molar-refractivity contribution < 1.29 is 62.6 Å². The van der Waals surface area contributed by atoms with E-state index in [0.717, 1.165) is 0 Å². The molecule has 4 rings (SSSR count). The van der Waals surface area contributed by atoms with Crippen LogP contribution >= 0.6 is 0 Å². The number of nitrogens with one attached hydrogen (secondary N) is 5. The molecule has 11 amide bonds. The molecule has 0 aromatic carbocycles. The highest BCUT2D eigenvalue weighted by atomic mass is 16.4. The number of hydrogen-bond donors (Lipinski definition) is 11. The van der Waals surface area contributed by atoms with Crippen LogP contribution < -0.4 is 55.3 Å². The lowest BCUT2D eigenvalue weighted by Crippen LogP contribution is -2.57. The van der Waals surface area contributed by atoms with Crippen molar-refractivity contribution in [1.82, 2.24) is 46.2 Å². The number of carboxylic acid groups (broad SMARTS) is 1. The van der Waals surface area contributed by atoms with Crippen LogP contribution in [-0.4, -0.2) is 196 Å². The van der Waals surface area contributed by atoms with Gasteiger partial charge in [-0.3, -0.25) is 57.7 Å². The van der Waals surface area contributed by atoms with Gasteiger partial charge in [-0.25, -0.2) is 4.79 Å². The van der Waals surface area contributed by atoms with E-state index in [-0.39, 0.29) is 95.3 Å². The molecule has 7 atom stereocenters. The molecule has 0 bridgehead atoms.